The molecule has 1 fully saturated rings. The van der Waals surface area contributed by atoms with Crippen molar-refractivity contribution < 1.29 is 9.18 Å². The van der Waals surface area contributed by atoms with Gasteiger partial charge in [0.15, 0.2) is 0 Å². The zero-order chi connectivity index (χ0) is 23.8. The largest absolute Gasteiger partial charge is 0.383 e. The van der Waals surface area contributed by atoms with Crippen LogP contribution in [0.25, 0.3) is 11.1 Å². The second kappa shape index (κ2) is 9.02. The molecule has 0 spiro atoms. The highest BCUT2D eigenvalue weighted by molar-refractivity contribution is 6.30. The molecule has 0 saturated carbocycles. The van der Waals surface area contributed by atoms with Gasteiger partial charge in [-0.05, 0) is 41.5 Å². The van der Waals surface area contributed by atoms with E-state index in [1.165, 1.54) is 6.07 Å². The molecular weight excluding hydrogens is 439 g/mol. The van der Waals surface area contributed by atoms with Gasteiger partial charge in [0.1, 0.15) is 11.6 Å². The van der Waals surface area contributed by atoms with E-state index in [1.807, 2.05) is 67.0 Å². The minimum atomic E-state index is -0.486. The van der Waals surface area contributed by atoms with E-state index in [0.717, 1.165) is 16.7 Å². The summed E-state index contributed by atoms with van der Waals surface area (Å²) in [5.41, 5.74) is 8.83. The molecule has 1 aliphatic rings. The molecule has 0 bridgehead atoms. The van der Waals surface area contributed by atoms with Gasteiger partial charge >= 0.3 is 0 Å². The lowest BCUT2D eigenvalue weighted by molar-refractivity contribution is -0.140. The van der Waals surface area contributed by atoms with Crippen molar-refractivity contribution in [3.8, 4) is 11.1 Å². The van der Waals surface area contributed by atoms with Gasteiger partial charge < -0.3 is 15.5 Å². The number of piperazine rings is 1. The van der Waals surface area contributed by atoms with E-state index < -0.39 is 5.41 Å². The summed E-state index contributed by atoms with van der Waals surface area (Å²) in [5, 5.41) is 0.354. The van der Waals surface area contributed by atoms with Crippen LogP contribution in [0.5, 0.6) is 0 Å². The Morgan fingerprint density at radius 3 is 2.48 bits per heavy atom. The van der Waals surface area contributed by atoms with E-state index in [0.29, 0.717) is 36.2 Å². The van der Waals surface area contributed by atoms with Crippen LogP contribution in [0.1, 0.15) is 32.4 Å². The van der Waals surface area contributed by atoms with Crippen molar-refractivity contribution in [1.29, 1.82) is 0 Å². The van der Waals surface area contributed by atoms with Crippen molar-refractivity contribution in [2.75, 3.05) is 30.3 Å². The van der Waals surface area contributed by atoms with Gasteiger partial charge in [-0.1, -0.05) is 56.6 Å². The van der Waals surface area contributed by atoms with Crippen molar-refractivity contribution in [2.45, 2.75) is 26.8 Å². The molecule has 2 heterocycles. The van der Waals surface area contributed by atoms with Crippen molar-refractivity contribution >= 4 is 29.0 Å². The summed E-state index contributed by atoms with van der Waals surface area (Å²) in [5.74, 6) is 0.182. The number of amides is 1. The molecule has 5 nitrogen and oxygen atoms in total. The number of carbonyl (C=O) groups is 1. The highest BCUT2D eigenvalue weighted by atomic mass is 35.5. The molecule has 1 aliphatic heterocycles. The van der Waals surface area contributed by atoms with Crippen LogP contribution in [0.15, 0.2) is 60.8 Å². The maximum Gasteiger partial charge on any atom is 0.228 e. The SMILES string of the molecule is CC(C)(C)C(=O)N1CCN(c2ccc(Cl)cc2F)[C@H](c2ccc(-c3cccnc3N)cc2)C1. The minimum absolute atomic E-state index is 0.0866. The highest BCUT2D eigenvalue weighted by Crippen LogP contribution is 2.35. The van der Waals surface area contributed by atoms with Crippen molar-refractivity contribution in [3.63, 3.8) is 0 Å². The Hall–Kier alpha value is -3.12. The zero-order valence-electron chi connectivity index (χ0n) is 19.1. The standard InChI is InChI=1S/C26H28ClFN4O/c1-26(2,3)25(33)31-13-14-32(22-11-10-19(27)15-21(22)28)23(16-31)18-8-6-17(7-9-18)20-5-4-12-30-24(20)29/h4-12,15,23H,13-14,16H2,1-3H3,(H2,29,30)/t23-/m0/s1. The number of anilines is 2. The van der Waals surface area contributed by atoms with E-state index in [4.69, 9.17) is 17.3 Å². The smallest absolute Gasteiger partial charge is 0.228 e. The van der Waals surface area contributed by atoms with Crippen molar-refractivity contribution in [1.82, 2.24) is 9.88 Å². The van der Waals surface area contributed by atoms with Gasteiger partial charge in [-0.15, -0.1) is 0 Å². The van der Waals surface area contributed by atoms with Gasteiger partial charge in [0.2, 0.25) is 5.91 Å². The monoisotopic (exact) mass is 466 g/mol. The minimum Gasteiger partial charge on any atom is -0.383 e. The van der Waals surface area contributed by atoms with E-state index in [2.05, 4.69) is 4.98 Å². The van der Waals surface area contributed by atoms with Crippen molar-refractivity contribution in [3.05, 3.63) is 77.2 Å². The molecule has 1 aromatic heterocycles. The summed E-state index contributed by atoms with van der Waals surface area (Å²) in [6.07, 6.45) is 1.66. The number of nitrogens with two attached hydrogens (primary N) is 1. The van der Waals surface area contributed by atoms with Crippen LogP contribution in [0.4, 0.5) is 15.9 Å². The van der Waals surface area contributed by atoms with E-state index >= 15 is 0 Å². The average molecular weight is 467 g/mol. The van der Waals surface area contributed by atoms with Crippen LogP contribution in [0.2, 0.25) is 5.02 Å². The predicted molar refractivity (Wildman–Crippen MR) is 132 cm³/mol. The fraction of sp³-hybridized carbons (Fsp3) is 0.308. The van der Waals surface area contributed by atoms with E-state index in [9.17, 15) is 9.18 Å². The molecule has 2 N–H and O–H groups in total. The molecule has 0 unspecified atom stereocenters. The Morgan fingerprint density at radius 2 is 1.85 bits per heavy atom. The number of aromatic nitrogens is 1. The highest BCUT2D eigenvalue weighted by Gasteiger charge is 2.35. The number of hydrogen-bond acceptors (Lipinski definition) is 4. The van der Waals surface area contributed by atoms with Crippen LogP contribution in [-0.4, -0.2) is 35.4 Å². The molecule has 3 aromatic rings. The lowest BCUT2D eigenvalue weighted by Crippen LogP contribution is -2.53. The molecule has 0 aliphatic carbocycles. The summed E-state index contributed by atoms with van der Waals surface area (Å²) in [4.78, 5) is 21.1. The van der Waals surface area contributed by atoms with Gasteiger partial charge in [-0.25, -0.2) is 9.37 Å². The Balaban J connectivity index is 1.70. The Morgan fingerprint density at radius 1 is 1.12 bits per heavy atom. The number of halogens is 2. The van der Waals surface area contributed by atoms with Gasteiger partial charge in [-0.3, -0.25) is 4.79 Å². The lowest BCUT2D eigenvalue weighted by atomic mass is 9.92. The molecule has 1 amide bonds. The first kappa shape index (κ1) is 23.1. The van der Waals surface area contributed by atoms with Gasteiger partial charge in [-0.2, -0.15) is 0 Å². The first-order valence-corrected chi connectivity index (χ1v) is 11.3. The van der Waals surface area contributed by atoms with Crippen molar-refractivity contribution in [2.24, 2.45) is 5.41 Å². The van der Waals surface area contributed by atoms with Gasteiger partial charge in [0, 0.05) is 41.8 Å². The van der Waals surface area contributed by atoms with Crippen LogP contribution in [-0.2, 0) is 4.79 Å². The fourth-order valence-electron chi connectivity index (χ4n) is 4.28. The zero-order valence-corrected chi connectivity index (χ0v) is 19.8. The molecule has 1 saturated heterocycles. The van der Waals surface area contributed by atoms with Crippen LogP contribution in [0, 0.1) is 11.2 Å². The lowest BCUT2D eigenvalue weighted by Gasteiger charge is -2.44. The molecule has 1 atom stereocenters. The fourth-order valence-corrected chi connectivity index (χ4v) is 4.43. The second-order valence-corrected chi connectivity index (χ2v) is 9.80. The van der Waals surface area contributed by atoms with Crippen LogP contribution in [0.3, 0.4) is 0 Å². The number of nitrogens with zero attached hydrogens (tertiary/aromatic N) is 3. The summed E-state index contributed by atoms with van der Waals surface area (Å²) < 4.78 is 14.9. The van der Waals surface area contributed by atoms with E-state index in [-0.39, 0.29) is 17.8 Å². The molecule has 7 heteroatoms. The first-order chi connectivity index (χ1) is 15.6. The van der Waals surface area contributed by atoms with Crippen LogP contribution < -0.4 is 10.6 Å². The molecule has 0 radical (unpaired) electrons. The molecule has 172 valence electrons. The second-order valence-electron chi connectivity index (χ2n) is 9.36. The number of rotatable bonds is 3. The summed E-state index contributed by atoms with van der Waals surface area (Å²) in [6.45, 7) is 7.27. The summed E-state index contributed by atoms with van der Waals surface area (Å²) in [7, 11) is 0. The summed E-state index contributed by atoms with van der Waals surface area (Å²) in [6, 6.07) is 16.3. The summed E-state index contributed by atoms with van der Waals surface area (Å²) >= 11 is 5.99. The number of benzene rings is 2. The third-order valence-electron chi connectivity index (χ3n) is 5.97. The maximum atomic E-state index is 14.9. The molecule has 4 rings (SSSR count). The number of hydrogen-bond donors (Lipinski definition) is 1. The third-order valence-corrected chi connectivity index (χ3v) is 6.21. The Kier molecular flexibility index (Phi) is 6.30. The first-order valence-electron chi connectivity index (χ1n) is 11.0. The van der Waals surface area contributed by atoms with E-state index in [1.54, 1.807) is 18.3 Å². The topological polar surface area (TPSA) is 62.5 Å². The number of carbonyl (C=O) groups excluding carboxylic acids is 1. The third kappa shape index (κ3) is 4.81. The quantitative estimate of drug-likeness (QED) is 0.549. The molecule has 2 aromatic carbocycles. The maximum absolute atomic E-state index is 14.9. The Labute approximate surface area is 199 Å². The predicted octanol–water partition coefficient (Wildman–Crippen LogP) is 5.56. The normalized spacial score (nSPS) is 16.7. The number of nitrogen functional groups attached to an aromatic ring is 1. The molecule has 33 heavy (non-hydrogen) atoms. The number of pyridine rings is 1. The molecular formula is C26H28ClFN4O. The van der Waals surface area contributed by atoms with Crippen LogP contribution >= 0.6 is 11.6 Å². The Bertz CT molecular complexity index is 1160. The van der Waals surface area contributed by atoms with Gasteiger partial charge in [0.05, 0.1) is 11.7 Å². The average Bonchev–Trinajstić information content (AvgIpc) is 2.78. The van der Waals surface area contributed by atoms with Gasteiger partial charge in [0.25, 0.3) is 0 Å².